The van der Waals surface area contributed by atoms with Crippen molar-refractivity contribution >= 4 is 23.4 Å². The Bertz CT molecular complexity index is 514. The van der Waals surface area contributed by atoms with E-state index in [2.05, 4.69) is 11.6 Å². The Morgan fingerprint density at radius 3 is 3.10 bits per heavy atom. The SMILES string of the molecule is C=CCOC(=O)N1CCCC(c2ncc(C(=O)O)s2)C1. The van der Waals surface area contributed by atoms with Gasteiger partial charge in [-0.25, -0.2) is 14.6 Å². The number of aromatic carboxylic acids is 1. The predicted octanol–water partition coefficient (Wildman–Crippen LogP) is 2.34. The fourth-order valence-corrected chi connectivity index (χ4v) is 3.02. The van der Waals surface area contributed by atoms with E-state index >= 15 is 0 Å². The van der Waals surface area contributed by atoms with Gasteiger partial charge in [-0.05, 0) is 12.8 Å². The van der Waals surface area contributed by atoms with Crippen molar-refractivity contribution in [2.75, 3.05) is 19.7 Å². The number of piperidine rings is 1. The zero-order chi connectivity index (χ0) is 14.5. The molecule has 108 valence electrons. The molecule has 0 spiro atoms. The molecule has 1 aliphatic heterocycles. The van der Waals surface area contributed by atoms with Crippen molar-refractivity contribution in [2.45, 2.75) is 18.8 Å². The van der Waals surface area contributed by atoms with Gasteiger partial charge < -0.3 is 14.7 Å². The minimum absolute atomic E-state index is 0.0816. The maximum atomic E-state index is 11.8. The zero-order valence-corrected chi connectivity index (χ0v) is 11.8. The highest BCUT2D eigenvalue weighted by Crippen LogP contribution is 2.30. The number of likely N-dealkylation sites (tertiary alicyclic amines) is 1. The van der Waals surface area contributed by atoms with Crippen molar-refractivity contribution in [2.24, 2.45) is 0 Å². The molecule has 0 radical (unpaired) electrons. The molecule has 1 amide bonds. The Balaban J connectivity index is 2.00. The van der Waals surface area contributed by atoms with E-state index in [0.29, 0.717) is 13.1 Å². The first kappa shape index (κ1) is 14.5. The highest BCUT2D eigenvalue weighted by atomic mass is 32.1. The van der Waals surface area contributed by atoms with Gasteiger partial charge in [-0.2, -0.15) is 0 Å². The smallest absolute Gasteiger partial charge is 0.410 e. The third kappa shape index (κ3) is 3.36. The fraction of sp³-hybridized carbons (Fsp3) is 0.462. The number of hydrogen-bond donors (Lipinski definition) is 1. The molecule has 2 rings (SSSR count). The lowest BCUT2D eigenvalue weighted by molar-refractivity contribution is 0.0701. The van der Waals surface area contributed by atoms with Gasteiger partial charge in [0.25, 0.3) is 0 Å². The van der Waals surface area contributed by atoms with Crippen molar-refractivity contribution in [1.29, 1.82) is 0 Å². The number of rotatable bonds is 4. The minimum Gasteiger partial charge on any atom is -0.477 e. The Labute approximate surface area is 120 Å². The Morgan fingerprint density at radius 1 is 1.65 bits per heavy atom. The molecule has 0 bridgehead atoms. The first-order chi connectivity index (χ1) is 9.61. The third-order valence-electron chi connectivity index (χ3n) is 3.09. The second-order valence-electron chi connectivity index (χ2n) is 4.52. The average Bonchev–Trinajstić information content (AvgIpc) is 2.95. The summed E-state index contributed by atoms with van der Waals surface area (Å²) in [6.45, 7) is 4.87. The summed E-state index contributed by atoms with van der Waals surface area (Å²) in [6.07, 6.45) is 4.30. The maximum absolute atomic E-state index is 11.8. The fourth-order valence-electron chi connectivity index (χ4n) is 2.14. The van der Waals surface area contributed by atoms with Crippen molar-refractivity contribution in [3.8, 4) is 0 Å². The van der Waals surface area contributed by atoms with E-state index in [1.165, 1.54) is 23.6 Å². The van der Waals surface area contributed by atoms with E-state index in [1.807, 2.05) is 0 Å². The molecule has 0 aromatic carbocycles. The normalized spacial score (nSPS) is 18.6. The van der Waals surface area contributed by atoms with Crippen LogP contribution >= 0.6 is 11.3 Å². The molecule has 6 nitrogen and oxygen atoms in total. The van der Waals surface area contributed by atoms with E-state index in [-0.39, 0.29) is 23.5 Å². The van der Waals surface area contributed by atoms with Gasteiger partial charge in [0.2, 0.25) is 0 Å². The molecular weight excluding hydrogens is 280 g/mol. The highest BCUT2D eigenvalue weighted by molar-refractivity contribution is 7.13. The summed E-state index contributed by atoms with van der Waals surface area (Å²) in [7, 11) is 0. The van der Waals surface area contributed by atoms with Crippen molar-refractivity contribution in [3.05, 3.63) is 28.7 Å². The van der Waals surface area contributed by atoms with Crippen molar-refractivity contribution in [3.63, 3.8) is 0 Å². The average molecular weight is 296 g/mol. The molecule has 20 heavy (non-hydrogen) atoms. The molecule has 1 N–H and O–H groups in total. The van der Waals surface area contributed by atoms with E-state index in [0.717, 1.165) is 17.8 Å². The van der Waals surface area contributed by atoms with Crippen LogP contribution < -0.4 is 0 Å². The number of carboxylic acids is 1. The number of carbonyl (C=O) groups is 2. The lowest BCUT2D eigenvalue weighted by Crippen LogP contribution is -2.39. The van der Waals surface area contributed by atoms with Crippen LogP contribution in [0.2, 0.25) is 0 Å². The maximum Gasteiger partial charge on any atom is 0.410 e. The summed E-state index contributed by atoms with van der Waals surface area (Å²) in [5.74, 6) is -0.884. The number of nitrogens with zero attached hydrogens (tertiary/aromatic N) is 2. The van der Waals surface area contributed by atoms with Crippen molar-refractivity contribution < 1.29 is 19.4 Å². The minimum atomic E-state index is -0.966. The number of carbonyl (C=O) groups excluding carboxylic acids is 1. The summed E-state index contributed by atoms with van der Waals surface area (Å²) in [6, 6.07) is 0. The zero-order valence-electron chi connectivity index (χ0n) is 10.9. The molecular formula is C13H16N2O4S. The monoisotopic (exact) mass is 296 g/mol. The highest BCUT2D eigenvalue weighted by Gasteiger charge is 2.27. The van der Waals surface area contributed by atoms with Crippen LogP contribution in [0.1, 0.15) is 33.4 Å². The van der Waals surface area contributed by atoms with Gasteiger partial charge in [-0.15, -0.1) is 11.3 Å². The lowest BCUT2D eigenvalue weighted by Gasteiger charge is -2.30. The van der Waals surface area contributed by atoms with Gasteiger partial charge in [0.1, 0.15) is 11.5 Å². The first-order valence-corrected chi connectivity index (χ1v) is 7.15. The quantitative estimate of drug-likeness (QED) is 0.863. The molecule has 1 aromatic heterocycles. The molecule has 7 heteroatoms. The lowest BCUT2D eigenvalue weighted by atomic mass is 9.99. The Kier molecular flexibility index (Phi) is 4.73. The van der Waals surface area contributed by atoms with E-state index < -0.39 is 5.97 Å². The molecule has 2 heterocycles. The molecule has 1 unspecified atom stereocenters. The number of thiazole rings is 1. The van der Waals surface area contributed by atoms with Crippen LogP contribution in [-0.2, 0) is 4.74 Å². The summed E-state index contributed by atoms with van der Waals surface area (Å²) < 4.78 is 5.02. The van der Waals surface area contributed by atoms with Gasteiger partial charge in [0.15, 0.2) is 0 Å². The first-order valence-electron chi connectivity index (χ1n) is 6.33. The van der Waals surface area contributed by atoms with Gasteiger partial charge in [-0.3, -0.25) is 0 Å². The Hall–Kier alpha value is -1.89. The third-order valence-corrected chi connectivity index (χ3v) is 4.24. The predicted molar refractivity (Wildman–Crippen MR) is 74.2 cm³/mol. The van der Waals surface area contributed by atoms with E-state index in [1.54, 1.807) is 4.90 Å². The van der Waals surface area contributed by atoms with E-state index in [4.69, 9.17) is 9.84 Å². The molecule has 1 saturated heterocycles. The molecule has 1 atom stereocenters. The summed E-state index contributed by atoms with van der Waals surface area (Å²) >= 11 is 1.17. The van der Waals surface area contributed by atoms with Gasteiger partial charge in [-0.1, -0.05) is 12.7 Å². The van der Waals surface area contributed by atoms with Crippen LogP contribution in [0.3, 0.4) is 0 Å². The van der Waals surface area contributed by atoms with Crippen LogP contribution in [0.5, 0.6) is 0 Å². The summed E-state index contributed by atoms with van der Waals surface area (Å²) in [5, 5.41) is 9.68. The van der Waals surface area contributed by atoms with Crippen LogP contribution in [0.15, 0.2) is 18.9 Å². The van der Waals surface area contributed by atoms with Crippen LogP contribution in [0.4, 0.5) is 4.79 Å². The number of ether oxygens (including phenoxy) is 1. The van der Waals surface area contributed by atoms with E-state index in [9.17, 15) is 9.59 Å². The van der Waals surface area contributed by atoms with Gasteiger partial charge >= 0.3 is 12.1 Å². The molecule has 1 aromatic rings. The molecule has 0 saturated carbocycles. The number of amides is 1. The van der Waals surface area contributed by atoms with Crippen molar-refractivity contribution in [1.82, 2.24) is 9.88 Å². The molecule has 1 aliphatic rings. The standard InChI is InChI=1S/C13H16N2O4S/c1-2-6-19-13(18)15-5-3-4-9(8-15)11-14-7-10(20-11)12(16)17/h2,7,9H,1,3-6,8H2,(H,16,17). The number of hydrogen-bond acceptors (Lipinski definition) is 5. The topological polar surface area (TPSA) is 79.7 Å². The summed E-state index contributed by atoms with van der Waals surface area (Å²) in [5.41, 5.74) is 0. The molecule has 1 fully saturated rings. The number of carboxylic acid groups (broad SMARTS) is 1. The van der Waals surface area contributed by atoms with Crippen LogP contribution in [0, 0.1) is 0 Å². The Morgan fingerprint density at radius 2 is 2.45 bits per heavy atom. The van der Waals surface area contributed by atoms with Gasteiger partial charge in [0.05, 0.1) is 11.2 Å². The second kappa shape index (κ2) is 6.51. The van der Waals surface area contributed by atoms with Gasteiger partial charge in [0, 0.05) is 19.0 Å². The van der Waals surface area contributed by atoms with Crippen LogP contribution in [-0.4, -0.2) is 46.7 Å². The number of aromatic nitrogens is 1. The largest absolute Gasteiger partial charge is 0.477 e. The van der Waals surface area contributed by atoms with Crippen LogP contribution in [0.25, 0.3) is 0 Å². The molecule has 0 aliphatic carbocycles. The summed E-state index contributed by atoms with van der Waals surface area (Å²) in [4.78, 5) is 28.7. The second-order valence-corrected chi connectivity index (χ2v) is 5.58.